The predicted molar refractivity (Wildman–Crippen MR) is 119 cm³/mol. The van der Waals surface area contributed by atoms with Crippen LogP contribution in [0.4, 0.5) is 5.69 Å². The van der Waals surface area contributed by atoms with E-state index < -0.39 is 16.1 Å². The topological polar surface area (TPSA) is 98.7 Å². The van der Waals surface area contributed by atoms with Gasteiger partial charge in [0.1, 0.15) is 0 Å². The van der Waals surface area contributed by atoms with E-state index in [9.17, 15) is 18.3 Å². The van der Waals surface area contributed by atoms with Crippen LogP contribution >= 0.6 is 0 Å². The lowest BCUT2D eigenvalue weighted by molar-refractivity contribution is -0.124. The van der Waals surface area contributed by atoms with Gasteiger partial charge in [-0.3, -0.25) is 14.4 Å². The number of rotatable bonds is 11. The molecule has 7 nitrogen and oxygen atoms in total. The van der Waals surface area contributed by atoms with E-state index >= 15 is 0 Å². The van der Waals surface area contributed by atoms with Crippen LogP contribution < -0.4 is 10.0 Å². The average Bonchev–Trinajstić information content (AvgIpc) is 2.67. The highest BCUT2D eigenvalue weighted by Crippen LogP contribution is 2.19. The predicted octanol–water partition coefficient (Wildman–Crippen LogP) is 2.37. The number of anilines is 1. The van der Waals surface area contributed by atoms with Crippen molar-refractivity contribution in [3.8, 4) is 0 Å². The van der Waals surface area contributed by atoms with Gasteiger partial charge in [0.25, 0.3) is 0 Å². The fourth-order valence-corrected chi connectivity index (χ4v) is 3.52. The number of nitrogens with one attached hydrogen (secondary N) is 2. The molecule has 0 heterocycles. The standard InChI is InChI=1S/C22H31N3O4S/c1-17(2)22(27)23-13-14-25(15-18-7-5-4-6-8-18)16-21(26)19-9-11-20(12-10-19)24-30(3,28)29/h4-12,17,21,24,26H,13-16H2,1-3H3,(H,23,27). The minimum Gasteiger partial charge on any atom is -0.387 e. The van der Waals surface area contributed by atoms with E-state index in [1.54, 1.807) is 24.3 Å². The van der Waals surface area contributed by atoms with Crippen LogP contribution in [0.15, 0.2) is 54.6 Å². The Labute approximate surface area is 179 Å². The van der Waals surface area contributed by atoms with Crippen LogP contribution in [0.2, 0.25) is 0 Å². The number of hydrogen-bond donors (Lipinski definition) is 3. The van der Waals surface area contributed by atoms with E-state index in [2.05, 4.69) is 14.9 Å². The Morgan fingerprint density at radius 1 is 1.07 bits per heavy atom. The summed E-state index contributed by atoms with van der Waals surface area (Å²) < 4.78 is 25.1. The van der Waals surface area contributed by atoms with Crippen LogP contribution in [-0.4, -0.2) is 50.2 Å². The molecule has 3 N–H and O–H groups in total. The summed E-state index contributed by atoms with van der Waals surface area (Å²) in [6.45, 7) is 5.81. The van der Waals surface area contributed by atoms with Crippen molar-refractivity contribution in [1.82, 2.24) is 10.2 Å². The van der Waals surface area contributed by atoms with Crippen molar-refractivity contribution >= 4 is 21.6 Å². The fourth-order valence-electron chi connectivity index (χ4n) is 2.96. The van der Waals surface area contributed by atoms with Crippen molar-refractivity contribution < 1.29 is 18.3 Å². The van der Waals surface area contributed by atoms with Crippen LogP contribution in [0, 0.1) is 5.92 Å². The second-order valence-electron chi connectivity index (χ2n) is 7.68. The van der Waals surface area contributed by atoms with Crippen LogP contribution in [0.25, 0.3) is 0 Å². The normalized spacial score (nSPS) is 12.7. The zero-order valence-electron chi connectivity index (χ0n) is 17.7. The lowest BCUT2D eigenvalue weighted by atomic mass is 10.1. The molecule has 0 fully saturated rings. The van der Waals surface area contributed by atoms with Gasteiger partial charge >= 0.3 is 0 Å². The first kappa shape index (κ1) is 23.9. The maximum Gasteiger partial charge on any atom is 0.229 e. The van der Waals surface area contributed by atoms with E-state index in [4.69, 9.17) is 0 Å². The number of aliphatic hydroxyl groups excluding tert-OH is 1. The zero-order chi connectivity index (χ0) is 22.1. The summed E-state index contributed by atoms with van der Waals surface area (Å²) in [5.74, 6) is -0.0682. The summed E-state index contributed by atoms with van der Waals surface area (Å²) in [6.07, 6.45) is 0.344. The van der Waals surface area contributed by atoms with Crippen molar-refractivity contribution in [3.63, 3.8) is 0 Å². The summed E-state index contributed by atoms with van der Waals surface area (Å²) in [7, 11) is -3.34. The highest BCUT2D eigenvalue weighted by molar-refractivity contribution is 7.92. The maximum absolute atomic E-state index is 11.8. The molecule has 8 heteroatoms. The van der Waals surface area contributed by atoms with Crippen molar-refractivity contribution in [2.24, 2.45) is 5.92 Å². The number of carbonyl (C=O) groups excluding carboxylic acids is 1. The first-order chi connectivity index (χ1) is 14.1. The van der Waals surface area contributed by atoms with E-state index in [1.807, 2.05) is 44.2 Å². The Kier molecular flexibility index (Phi) is 8.83. The number of sulfonamides is 1. The maximum atomic E-state index is 11.8. The molecule has 0 spiro atoms. The third-order valence-electron chi connectivity index (χ3n) is 4.53. The molecule has 0 aliphatic carbocycles. The van der Waals surface area contributed by atoms with Gasteiger partial charge in [0.05, 0.1) is 12.4 Å². The first-order valence-corrected chi connectivity index (χ1v) is 11.8. The van der Waals surface area contributed by atoms with Gasteiger partial charge in [-0.05, 0) is 23.3 Å². The number of hydrogen-bond acceptors (Lipinski definition) is 5. The van der Waals surface area contributed by atoms with Gasteiger partial charge in [-0.1, -0.05) is 56.3 Å². The van der Waals surface area contributed by atoms with Crippen molar-refractivity contribution in [2.75, 3.05) is 30.6 Å². The molecule has 0 aliphatic rings. The number of amides is 1. The molecule has 164 valence electrons. The monoisotopic (exact) mass is 433 g/mol. The summed E-state index contributed by atoms with van der Waals surface area (Å²) in [5, 5.41) is 13.6. The molecule has 0 radical (unpaired) electrons. The Morgan fingerprint density at radius 3 is 2.27 bits per heavy atom. The second-order valence-corrected chi connectivity index (χ2v) is 9.43. The largest absolute Gasteiger partial charge is 0.387 e. The summed E-state index contributed by atoms with van der Waals surface area (Å²) in [4.78, 5) is 13.9. The first-order valence-electron chi connectivity index (χ1n) is 9.94. The third kappa shape index (κ3) is 8.52. The molecule has 1 amide bonds. The van der Waals surface area contributed by atoms with Gasteiger partial charge in [0.15, 0.2) is 0 Å². The highest BCUT2D eigenvalue weighted by atomic mass is 32.2. The van der Waals surface area contributed by atoms with E-state index in [0.29, 0.717) is 37.4 Å². The SMILES string of the molecule is CC(C)C(=O)NCCN(Cc1ccccc1)CC(O)c1ccc(NS(C)(=O)=O)cc1. The molecule has 0 aromatic heterocycles. The Balaban J connectivity index is 2.02. The lowest BCUT2D eigenvalue weighted by Gasteiger charge is -2.26. The molecule has 2 rings (SSSR count). The van der Waals surface area contributed by atoms with Crippen molar-refractivity contribution in [1.29, 1.82) is 0 Å². The average molecular weight is 434 g/mol. The molecule has 0 bridgehead atoms. The van der Waals surface area contributed by atoms with Gasteiger partial charge in [-0.25, -0.2) is 8.42 Å². The second kappa shape index (κ2) is 11.1. The number of carbonyl (C=O) groups is 1. The van der Waals surface area contributed by atoms with Crippen LogP contribution in [0.5, 0.6) is 0 Å². The van der Waals surface area contributed by atoms with Crippen LogP contribution in [0.3, 0.4) is 0 Å². The van der Waals surface area contributed by atoms with Crippen molar-refractivity contribution in [3.05, 3.63) is 65.7 Å². The quantitative estimate of drug-likeness (QED) is 0.505. The smallest absolute Gasteiger partial charge is 0.229 e. The molecule has 0 saturated heterocycles. The van der Waals surface area contributed by atoms with Gasteiger partial charge in [-0.2, -0.15) is 0 Å². The Morgan fingerprint density at radius 2 is 1.70 bits per heavy atom. The molecule has 30 heavy (non-hydrogen) atoms. The van der Waals surface area contributed by atoms with Crippen LogP contribution in [-0.2, 0) is 21.4 Å². The third-order valence-corrected chi connectivity index (χ3v) is 5.14. The lowest BCUT2D eigenvalue weighted by Crippen LogP contribution is -2.38. The minimum absolute atomic E-state index is 0.00387. The minimum atomic E-state index is -3.34. The van der Waals surface area contributed by atoms with E-state index in [1.165, 1.54) is 0 Å². The fraction of sp³-hybridized carbons (Fsp3) is 0.409. The van der Waals surface area contributed by atoms with E-state index in [0.717, 1.165) is 11.8 Å². The van der Waals surface area contributed by atoms with E-state index in [-0.39, 0.29) is 11.8 Å². The summed E-state index contributed by atoms with van der Waals surface area (Å²) in [5.41, 5.74) is 2.26. The van der Waals surface area contributed by atoms with Gasteiger partial charge in [0, 0.05) is 37.8 Å². The number of aliphatic hydroxyl groups is 1. The Bertz CT molecular complexity index is 900. The summed E-state index contributed by atoms with van der Waals surface area (Å²) in [6, 6.07) is 16.6. The molecule has 1 atom stereocenters. The molecule has 0 saturated carbocycles. The molecular formula is C22H31N3O4S. The highest BCUT2D eigenvalue weighted by Gasteiger charge is 2.15. The molecule has 2 aromatic carbocycles. The molecule has 2 aromatic rings. The summed E-state index contributed by atoms with van der Waals surface area (Å²) >= 11 is 0. The van der Waals surface area contributed by atoms with Gasteiger partial charge < -0.3 is 10.4 Å². The van der Waals surface area contributed by atoms with Gasteiger partial charge in [-0.15, -0.1) is 0 Å². The zero-order valence-corrected chi connectivity index (χ0v) is 18.5. The van der Waals surface area contributed by atoms with Crippen LogP contribution in [0.1, 0.15) is 31.1 Å². The number of benzene rings is 2. The molecule has 1 unspecified atom stereocenters. The number of nitrogens with zero attached hydrogens (tertiary/aromatic N) is 1. The molecule has 0 aliphatic heterocycles. The molecular weight excluding hydrogens is 402 g/mol. The van der Waals surface area contributed by atoms with Gasteiger partial charge in [0.2, 0.25) is 15.9 Å². The Hall–Kier alpha value is -2.42. The van der Waals surface area contributed by atoms with Crippen molar-refractivity contribution in [2.45, 2.75) is 26.5 Å².